The maximum Gasteiger partial charge on any atom is 0.273 e. The Morgan fingerprint density at radius 3 is 2.51 bits per heavy atom. The first-order valence-corrected chi connectivity index (χ1v) is 12.5. The summed E-state index contributed by atoms with van der Waals surface area (Å²) in [6.07, 6.45) is 3.93. The fraction of sp³-hybridized carbons (Fsp3) is 0.179. The number of carbonyl (C=O) groups is 1. The molecule has 0 fully saturated rings. The summed E-state index contributed by atoms with van der Waals surface area (Å²) in [6.45, 7) is 3.52. The summed E-state index contributed by atoms with van der Waals surface area (Å²) in [5.74, 6) is 0.111. The third-order valence-corrected chi connectivity index (χ3v) is 5.99. The molecule has 41 heavy (non-hydrogen) atoms. The zero-order valence-electron chi connectivity index (χ0n) is 22.4. The standard InChI is InChI=1S/C28H26FN9O3/c1-15-8-23(35-24-10-22(16(2)39)37-38-24)36-27(34-15)19-9-20(29)26(32-14-19)28(40)33-12-17-4-6-21(30-11-17)18-5-7-25(41-3)31-13-18/h4-11,13-14,16,39H,12H2,1-3H3,(H,33,40)(H2,34,35,36,37,38). The van der Waals surface area contributed by atoms with Crippen molar-refractivity contribution < 1.29 is 19.0 Å². The summed E-state index contributed by atoms with van der Waals surface area (Å²) in [4.78, 5) is 34.1. The van der Waals surface area contributed by atoms with Crippen LogP contribution < -0.4 is 15.4 Å². The number of H-pyrrole nitrogens is 1. The molecule has 13 heteroatoms. The fourth-order valence-corrected chi connectivity index (χ4v) is 3.85. The average Bonchev–Trinajstić information content (AvgIpc) is 3.45. The van der Waals surface area contributed by atoms with Gasteiger partial charge < -0.3 is 20.5 Å². The molecule has 0 saturated heterocycles. The SMILES string of the molecule is COc1ccc(-c2ccc(CNC(=O)c3ncc(-c4nc(C)cc(Nc5cc(C(C)O)[nH]n5)n4)cc3F)cn2)cn1. The van der Waals surface area contributed by atoms with E-state index in [2.05, 4.69) is 45.8 Å². The van der Waals surface area contributed by atoms with Gasteiger partial charge in [-0.3, -0.25) is 14.9 Å². The molecule has 5 heterocycles. The molecule has 0 aliphatic rings. The normalized spacial score (nSPS) is 11.6. The van der Waals surface area contributed by atoms with E-state index in [9.17, 15) is 14.3 Å². The van der Waals surface area contributed by atoms with Crippen LogP contribution in [0.2, 0.25) is 0 Å². The molecule has 1 unspecified atom stereocenters. The molecule has 0 radical (unpaired) electrons. The number of methoxy groups -OCH3 is 1. The molecule has 0 saturated carbocycles. The molecule has 4 N–H and O–H groups in total. The second-order valence-electron chi connectivity index (χ2n) is 9.11. The van der Waals surface area contributed by atoms with Crippen molar-refractivity contribution in [3.8, 4) is 28.5 Å². The molecule has 5 rings (SSSR count). The number of aliphatic hydroxyl groups is 1. The molecule has 0 aliphatic heterocycles. The highest BCUT2D eigenvalue weighted by atomic mass is 19.1. The van der Waals surface area contributed by atoms with E-state index in [1.807, 2.05) is 18.2 Å². The first kappa shape index (κ1) is 27.3. The lowest BCUT2D eigenvalue weighted by Crippen LogP contribution is -2.25. The van der Waals surface area contributed by atoms with Crippen LogP contribution in [0.1, 0.15) is 40.5 Å². The second-order valence-corrected chi connectivity index (χ2v) is 9.11. The minimum atomic E-state index is -0.811. The molecule has 5 aromatic heterocycles. The van der Waals surface area contributed by atoms with Crippen LogP contribution in [0.25, 0.3) is 22.6 Å². The van der Waals surface area contributed by atoms with Gasteiger partial charge in [0.15, 0.2) is 23.2 Å². The minimum Gasteiger partial charge on any atom is -0.481 e. The molecule has 12 nitrogen and oxygen atoms in total. The van der Waals surface area contributed by atoms with Gasteiger partial charge in [-0.05, 0) is 37.6 Å². The Balaban J connectivity index is 1.24. The largest absolute Gasteiger partial charge is 0.481 e. The number of aliphatic hydroxyl groups excluding tert-OH is 1. The number of ether oxygens (including phenoxy) is 1. The average molecular weight is 556 g/mol. The number of aromatic nitrogens is 7. The van der Waals surface area contributed by atoms with Gasteiger partial charge in [0, 0.05) is 60.2 Å². The van der Waals surface area contributed by atoms with Gasteiger partial charge >= 0.3 is 0 Å². The molecular formula is C28H26FN9O3. The van der Waals surface area contributed by atoms with Crippen molar-refractivity contribution >= 4 is 17.5 Å². The van der Waals surface area contributed by atoms with Gasteiger partial charge in [0.25, 0.3) is 5.91 Å². The third kappa shape index (κ3) is 6.47. The maximum atomic E-state index is 15.0. The first-order valence-electron chi connectivity index (χ1n) is 12.5. The summed E-state index contributed by atoms with van der Waals surface area (Å²) < 4.78 is 20.0. The quantitative estimate of drug-likeness (QED) is 0.210. The van der Waals surface area contributed by atoms with E-state index >= 15 is 0 Å². The van der Waals surface area contributed by atoms with E-state index in [1.165, 1.54) is 12.3 Å². The molecule has 0 aliphatic carbocycles. The predicted molar refractivity (Wildman–Crippen MR) is 148 cm³/mol. The second kappa shape index (κ2) is 11.8. The lowest BCUT2D eigenvalue weighted by molar-refractivity contribution is 0.0941. The number of hydrogen-bond donors (Lipinski definition) is 4. The smallest absolute Gasteiger partial charge is 0.273 e. The molecule has 1 amide bonds. The summed E-state index contributed by atoms with van der Waals surface area (Å²) in [5, 5.41) is 22.2. The van der Waals surface area contributed by atoms with Crippen LogP contribution in [0.5, 0.6) is 5.88 Å². The van der Waals surface area contributed by atoms with Crippen LogP contribution in [0.15, 0.2) is 61.1 Å². The van der Waals surface area contributed by atoms with Gasteiger partial charge in [-0.25, -0.2) is 24.3 Å². The molecule has 0 bridgehead atoms. The monoisotopic (exact) mass is 555 g/mol. The van der Waals surface area contributed by atoms with E-state index in [1.54, 1.807) is 51.6 Å². The summed E-state index contributed by atoms with van der Waals surface area (Å²) in [6, 6.07) is 11.7. The van der Waals surface area contributed by atoms with Crippen LogP contribution in [-0.4, -0.2) is 53.2 Å². The van der Waals surface area contributed by atoms with Crippen molar-refractivity contribution in [1.82, 2.24) is 40.4 Å². The highest BCUT2D eigenvalue weighted by Crippen LogP contribution is 2.23. The van der Waals surface area contributed by atoms with Crippen molar-refractivity contribution in [2.45, 2.75) is 26.5 Å². The van der Waals surface area contributed by atoms with Gasteiger partial charge in [-0.15, -0.1) is 0 Å². The number of aryl methyl sites for hydroxylation is 1. The number of carbonyl (C=O) groups excluding carboxylic acids is 1. The maximum absolute atomic E-state index is 15.0. The van der Waals surface area contributed by atoms with Crippen molar-refractivity contribution in [2.75, 3.05) is 12.4 Å². The Morgan fingerprint density at radius 2 is 1.85 bits per heavy atom. The van der Waals surface area contributed by atoms with Crippen LogP contribution in [0.4, 0.5) is 16.0 Å². The van der Waals surface area contributed by atoms with Crippen LogP contribution in [0, 0.1) is 12.7 Å². The number of halogens is 1. The van der Waals surface area contributed by atoms with Crippen molar-refractivity contribution in [3.05, 3.63) is 89.5 Å². The van der Waals surface area contributed by atoms with Crippen molar-refractivity contribution in [1.29, 1.82) is 0 Å². The van der Waals surface area contributed by atoms with Gasteiger partial charge in [0.2, 0.25) is 5.88 Å². The third-order valence-electron chi connectivity index (χ3n) is 5.99. The molecule has 5 aromatic rings. The Morgan fingerprint density at radius 1 is 1.02 bits per heavy atom. The summed E-state index contributed by atoms with van der Waals surface area (Å²) >= 11 is 0. The van der Waals surface area contributed by atoms with E-state index in [4.69, 9.17) is 4.74 Å². The van der Waals surface area contributed by atoms with Gasteiger partial charge in [-0.1, -0.05) is 6.07 Å². The zero-order valence-corrected chi connectivity index (χ0v) is 22.4. The highest BCUT2D eigenvalue weighted by Gasteiger charge is 2.17. The number of hydrogen-bond acceptors (Lipinski definition) is 10. The number of rotatable bonds is 9. The van der Waals surface area contributed by atoms with Gasteiger partial charge in [0.05, 0.1) is 24.6 Å². The zero-order chi connectivity index (χ0) is 28.9. The topological polar surface area (TPSA) is 164 Å². The van der Waals surface area contributed by atoms with Crippen LogP contribution in [0.3, 0.4) is 0 Å². The van der Waals surface area contributed by atoms with Crippen molar-refractivity contribution in [3.63, 3.8) is 0 Å². The summed E-state index contributed by atoms with van der Waals surface area (Å²) in [7, 11) is 1.55. The number of nitrogens with zero attached hydrogens (tertiary/aromatic N) is 6. The first-order chi connectivity index (χ1) is 19.8. The highest BCUT2D eigenvalue weighted by molar-refractivity contribution is 5.92. The molecule has 0 spiro atoms. The lowest BCUT2D eigenvalue weighted by Gasteiger charge is -2.09. The number of pyridine rings is 3. The van der Waals surface area contributed by atoms with Gasteiger partial charge in [0.1, 0.15) is 5.82 Å². The molecular weight excluding hydrogens is 529 g/mol. The lowest BCUT2D eigenvalue weighted by atomic mass is 10.1. The number of aromatic amines is 1. The summed E-state index contributed by atoms with van der Waals surface area (Å²) in [5.41, 5.74) is 3.36. The molecule has 208 valence electrons. The Kier molecular flexibility index (Phi) is 7.87. The Labute approximate surface area is 234 Å². The Bertz CT molecular complexity index is 1670. The van der Waals surface area contributed by atoms with Gasteiger partial charge in [-0.2, -0.15) is 5.10 Å². The molecule has 1 atom stereocenters. The van der Waals surface area contributed by atoms with E-state index in [0.29, 0.717) is 40.2 Å². The fourth-order valence-electron chi connectivity index (χ4n) is 3.85. The number of anilines is 2. The van der Waals surface area contributed by atoms with E-state index < -0.39 is 17.8 Å². The number of nitrogens with one attached hydrogen (secondary N) is 3. The van der Waals surface area contributed by atoms with Crippen LogP contribution in [-0.2, 0) is 6.54 Å². The van der Waals surface area contributed by atoms with E-state index in [-0.39, 0.29) is 18.1 Å². The molecule has 0 aromatic carbocycles. The number of amides is 1. The predicted octanol–water partition coefficient (Wildman–Crippen LogP) is 3.90. The van der Waals surface area contributed by atoms with E-state index in [0.717, 1.165) is 11.1 Å². The Hall–Kier alpha value is -5.30. The minimum absolute atomic E-state index is 0.135. The van der Waals surface area contributed by atoms with Crippen molar-refractivity contribution in [2.24, 2.45) is 0 Å². The van der Waals surface area contributed by atoms with Crippen LogP contribution >= 0.6 is 0 Å².